The molecule has 0 spiro atoms. The number of aromatic nitrogens is 3. The lowest BCUT2D eigenvalue weighted by atomic mass is 10.2. The molecular formula is C21H17ClF5N5O. The van der Waals surface area contributed by atoms with Crippen LogP contribution in [0.15, 0.2) is 42.5 Å². The lowest BCUT2D eigenvalue weighted by molar-refractivity contribution is -0.143. The van der Waals surface area contributed by atoms with Crippen LogP contribution < -0.4 is 0 Å². The number of hydrogen-bond donors (Lipinski definition) is 0. The average Bonchev–Trinajstić information content (AvgIpc) is 3.22. The highest BCUT2D eigenvalue weighted by Crippen LogP contribution is 2.33. The Morgan fingerprint density at radius 1 is 0.970 bits per heavy atom. The molecule has 33 heavy (non-hydrogen) atoms. The predicted molar refractivity (Wildman–Crippen MR) is 109 cm³/mol. The normalized spacial score (nSPS) is 15.2. The van der Waals surface area contributed by atoms with E-state index in [1.54, 1.807) is 6.07 Å². The Morgan fingerprint density at radius 2 is 1.61 bits per heavy atom. The van der Waals surface area contributed by atoms with E-state index in [0.29, 0.717) is 29.9 Å². The van der Waals surface area contributed by atoms with E-state index < -0.39 is 35.1 Å². The zero-order chi connectivity index (χ0) is 23.8. The number of piperazine rings is 1. The summed E-state index contributed by atoms with van der Waals surface area (Å²) in [6, 6.07) is 8.29. The topological polar surface area (TPSA) is 54.3 Å². The number of alkyl halides is 3. The zero-order valence-electron chi connectivity index (χ0n) is 17.0. The van der Waals surface area contributed by atoms with Gasteiger partial charge in [0, 0.05) is 37.7 Å². The van der Waals surface area contributed by atoms with E-state index >= 15 is 0 Å². The Bertz CT molecular complexity index is 1160. The fourth-order valence-electron chi connectivity index (χ4n) is 3.59. The molecule has 6 nitrogen and oxygen atoms in total. The maximum absolute atomic E-state index is 13.8. The van der Waals surface area contributed by atoms with Gasteiger partial charge >= 0.3 is 6.18 Å². The van der Waals surface area contributed by atoms with E-state index in [2.05, 4.69) is 10.3 Å². The summed E-state index contributed by atoms with van der Waals surface area (Å²) in [5.74, 6) is -1.97. The molecule has 12 heteroatoms. The number of rotatable bonds is 4. The number of amides is 1. The van der Waals surface area contributed by atoms with Crippen LogP contribution in [0.25, 0.3) is 5.69 Å². The highest BCUT2D eigenvalue weighted by Gasteiger charge is 2.43. The standard InChI is InChI=1S/C21H17ClF5N5O/c22-17-11-15(24)2-1-13(17)12-30-7-9-31(10-8-30)20(33)18-19(21(25,26)27)32(29-28-18)16-5-3-14(23)4-6-16/h1-6,11H,7-10,12H2. The Hall–Kier alpha value is -3.05. The van der Waals surface area contributed by atoms with Gasteiger partial charge in [-0.3, -0.25) is 9.69 Å². The van der Waals surface area contributed by atoms with Crippen LogP contribution in [0.1, 0.15) is 21.7 Å². The van der Waals surface area contributed by atoms with Gasteiger partial charge in [-0.2, -0.15) is 13.2 Å². The van der Waals surface area contributed by atoms with Crippen LogP contribution >= 0.6 is 11.6 Å². The molecule has 4 rings (SSSR count). The maximum atomic E-state index is 13.8. The van der Waals surface area contributed by atoms with E-state index in [-0.39, 0.29) is 23.8 Å². The monoisotopic (exact) mass is 485 g/mol. The molecule has 0 N–H and O–H groups in total. The summed E-state index contributed by atoms with van der Waals surface area (Å²) >= 11 is 6.05. The van der Waals surface area contributed by atoms with Crippen LogP contribution in [0.2, 0.25) is 5.02 Å². The van der Waals surface area contributed by atoms with Crippen molar-refractivity contribution in [1.82, 2.24) is 24.8 Å². The third kappa shape index (κ3) is 4.98. The van der Waals surface area contributed by atoms with Crippen molar-refractivity contribution in [2.75, 3.05) is 26.2 Å². The van der Waals surface area contributed by atoms with Crippen molar-refractivity contribution < 1.29 is 26.7 Å². The van der Waals surface area contributed by atoms with E-state index in [9.17, 15) is 26.7 Å². The molecule has 0 unspecified atom stereocenters. The Balaban J connectivity index is 1.50. The predicted octanol–water partition coefficient (Wildman–Crippen LogP) is 4.18. The van der Waals surface area contributed by atoms with Gasteiger partial charge in [-0.15, -0.1) is 5.10 Å². The molecule has 3 aromatic rings. The van der Waals surface area contributed by atoms with Crippen molar-refractivity contribution in [3.05, 3.63) is 76.1 Å². The van der Waals surface area contributed by atoms with Gasteiger partial charge in [0.25, 0.3) is 5.91 Å². The molecule has 1 saturated heterocycles. The van der Waals surface area contributed by atoms with E-state index in [1.807, 2.05) is 4.90 Å². The van der Waals surface area contributed by atoms with Crippen molar-refractivity contribution in [3.8, 4) is 5.69 Å². The first-order valence-electron chi connectivity index (χ1n) is 9.88. The third-order valence-electron chi connectivity index (χ3n) is 5.28. The smallest absolute Gasteiger partial charge is 0.335 e. The molecule has 1 aliphatic heterocycles. The summed E-state index contributed by atoms with van der Waals surface area (Å²) in [6.45, 7) is 1.51. The van der Waals surface area contributed by atoms with E-state index in [0.717, 1.165) is 24.3 Å². The molecule has 1 amide bonds. The fourth-order valence-corrected chi connectivity index (χ4v) is 3.82. The summed E-state index contributed by atoms with van der Waals surface area (Å²) in [5, 5.41) is 7.29. The Morgan fingerprint density at radius 3 is 2.21 bits per heavy atom. The summed E-state index contributed by atoms with van der Waals surface area (Å²) in [5.41, 5.74) is -1.50. The van der Waals surface area contributed by atoms with Crippen molar-refractivity contribution in [3.63, 3.8) is 0 Å². The highest BCUT2D eigenvalue weighted by atomic mass is 35.5. The Labute approximate surface area is 190 Å². The largest absolute Gasteiger partial charge is 0.435 e. The number of carbonyl (C=O) groups excluding carboxylic acids is 1. The van der Waals surface area contributed by atoms with E-state index in [4.69, 9.17) is 11.6 Å². The summed E-state index contributed by atoms with van der Waals surface area (Å²) in [6.07, 6.45) is -4.91. The molecule has 0 aliphatic carbocycles. The van der Waals surface area contributed by atoms with Gasteiger partial charge in [0.15, 0.2) is 11.4 Å². The quantitative estimate of drug-likeness (QED) is 0.520. The number of hydrogen-bond acceptors (Lipinski definition) is 4. The first-order valence-corrected chi connectivity index (χ1v) is 10.3. The average molecular weight is 486 g/mol. The first kappa shape index (κ1) is 23.1. The summed E-state index contributed by atoms with van der Waals surface area (Å²) in [4.78, 5) is 16.1. The van der Waals surface area contributed by atoms with E-state index in [1.165, 1.54) is 17.0 Å². The second-order valence-electron chi connectivity index (χ2n) is 7.48. The number of benzene rings is 2. The Kier molecular flexibility index (Phi) is 6.35. The lowest BCUT2D eigenvalue weighted by Crippen LogP contribution is -2.48. The van der Waals surface area contributed by atoms with Crippen LogP contribution in [0.3, 0.4) is 0 Å². The van der Waals surface area contributed by atoms with Gasteiger partial charge in [0.1, 0.15) is 11.6 Å². The fraction of sp³-hybridized carbons (Fsp3) is 0.286. The van der Waals surface area contributed by atoms with Crippen LogP contribution in [0.4, 0.5) is 22.0 Å². The first-order chi connectivity index (χ1) is 15.6. The van der Waals surface area contributed by atoms with Crippen molar-refractivity contribution in [2.24, 2.45) is 0 Å². The summed E-state index contributed by atoms with van der Waals surface area (Å²) in [7, 11) is 0. The molecule has 2 aromatic carbocycles. The van der Waals surface area contributed by atoms with Gasteiger partial charge in [-0.25, -0.2) is 13.5 Å². The van der Waals surface area contributed by atoms with Gasteiger partial charge < -0.3 is 4.90 Å². The minimum Gasteiger partial charge on any atom is -0.335 e. The van der Waals surface area contributed by atoms with Crippen LogP contribution in [-0.4, -0.2) is 56.9 Å². The highest BCUT2D eigenvalue weighted by molar-refractivity contribution is 6.31. The zero-order valence-corrected chi connectivity index (χ0v) is 17.7. The maximum Gasteiger partial charge on any atom is 0.435 e. The van der Waals surface area contributed by atoms with Crippen LogP contribution in [-0.2, 0) is 12.7 Å². The molecule has 2 heterocycles. The van der Waals surface area contributed by atoms with Crippen molar-refractivity contribution in [2.45, 2.75) is 12.7 Å². The molecule has 0 saturated carbocycles. The second kappa shape index (κ2) is 9.06. The van der Waals surface area contributed by atoms with Gasteiger partial charge in [-0.05, 0) is 42.0 Å². The minimum absolute atomic E-state index is 0.0729. The molecule has 0 atom stereocenters. The molecule has 174 valence electrons. The van der Waals surface area contributed by atoms with Gasteiger partial charge in [0.2, 0.25) is 0 Å². The van der Waals surface area contributed by atoms with Crippen molar-refractivity contribution in [1.29, 1.82) is 0 Å². The number of carbonyl (C=O) groups is 1. The molecule has 1 aromatic heterocycles. The third-order valence-corrected chi connectivity index (χ3v) is 5.63. The second-order valence-corrected chi connectivity index (χ2v) is 7.88. The molecule has 1 fully saturated rings. The molecular weight excluding hydrogens is 469 g/mol. The number of nitrogens with zero attached hydrogens (tertiary/aromatic N) is 5. The molecule has 0 bridgehead atoms. The summed E-state index contributed by atoms with van der Waals surface area (Å²) < 4.78 is 68.3. The number of halogens is 6. The molecule has 0 radical (unpaired) electrons. The van der Waals surface area contributed by atoms with Crippen LogP contribution in [0.5, 0.6) is 0 Å². The van der Waals surface area contributed by atoms with Gasteiger partial charge in [0.05, 0.1) is 5.69 Å². The van der Waals surface area contributed by atoms with Crippen molar-refractivity contribution >= 4 is 17.5 Å². The van der Waals surface area contributed by atoms with Crippen LogP contribution in [0, 0.1) is 11.6 Å². The lowest BCUT2D eigenvalue weighted by Gasteiger charge is -2.34. The minimum atomic E-state index is -4.91. The van der Waals surface area contributed by atoms with Gasteiger partial charge in [-0.1, -0.05) is 22.9 Å². The molecule has 1 aliphatic rings. The SMILES string of the molecule is O=C(c1nnn(-c2ccc(F)cc2)c1C(F)(F)F)N1CCN(Cc2ccc(F)cc2Cl)CC1.